The maximum atomic E-state index is 5.97. The monoisotopic (exact) mass is 284 g/mol. The molecule has 1 unspecified atom stereocenters. The summed E-state index contributed by atoms with van der Waals surface area (Å²) in [5, 5.41) is 0. The Bertz CT molecular complexity index is 515. The summed E-state index contributed by atoms with van der Waals surface area (Å²) in [5.74, 6) is 0.798. The SMILES string of the molecule is NCC(c1ccoc1)N1CCC(Cc2ccccc2)CC1. The Labute approximate surface area is 126 Å². The van der Waals surface area contributed by atoms with Crippen LogP contribution in [0.1, 0.15) is 30.0 Å². The lowest BCUT2D eigenvalue weighted by atomic mass is 9.89. The van der Waals surface area contributed by atoms with E-state index in [0.29, 0.717) is 12.6 Å². The van der Waals surface area contributed by atoms with Crippen LogP contribution in [-0.2, 0) is 6.42 Å². The van der Waals surface area contributed by atoms with E-state index in [1.54, 1.807) is 6.26 Å². The van der Waals surface area contributed by atoms with Gasteiger partial charge in [-0.1, -0.05) is 30.3 Å². The molecule has 21 heavy (non-hydrogen) atoms. The molecule has 0 spiro atoms. The first-order valence-electron chi connectivity index (χ1n) is 7.87. The lowest BCUT2D eigenvalue weighted by molar-refractivity contribution is 0.135. The van der Waals surface area contributed by atoms with E-state index in [4.69, 9.17) is 10.2 Å². The first kappa shape index (κ1) is 14.4. The third kappa shape index (κ3) is 3.55. The predicted octanol–water partition coefficient (Wildman–Crippen LogP) is 3.23. The fourth-order valence-corrected chi connectivity index (χ4v) is 3.38. The van der Waals surface area contributed by atoms with Crippen LogP contribution in [0.5, 0.6) is 0 Å². The standard InChI is InChI=1S/C18H24N2O/c19-13-18(17-8-11-21-14-17)20-9-6-16(7-10-20)12-15-4-2-1-3-5-15/h1-5,8,11,14,16,18H,6-7,9-10,12-13,19H2. The molecule has 1 aromatic heterocycles. The molecule has 0 radical (unpaired) electrons. The minimum absolute atomic E-state index is 0.307. The first-order chi connectivity index (χ1) is 10.4. The molecule has 2 heterocycles. The molecule has 1 saturated heterocycles. The number of rotatable bonds is 5. The number of hydrogen-bond donors (Lipinski definition) is 1. The zero-order valence-electron chi connectivity index (χ0n) is 12.4. The molecule has 1 aliphatic heterocycles. The Morgan fingerprint density at radius 2 is 1.90 bits per heavy atom. The van der Waals surface area contributed by atoms with Gasteiger partial charge in [-0.25, -0.2) is 0 Å². The summed E-state index contributed by atoms with van der Waals surface area (Å²) >= 11 is 0. The minimum atomic E-state index is 0.307. The topological polar surface area (TPSA) is 42.4 Å². The smallest absolute Gasteiger partial charge is 0.0950 e. The second-order valence-electron chi connectivity index (χ2n) is 5.98. The molecule has 3 nitrogen and oxygen atoms in total. The molecular formula is C18H24N2O. The van der Waals surface area contributed by atoms with E-state index in [1.165, 1.54) is 30.4 Å². The summed E-state index contributed by atoms with van der Waals surface area (Å²) in [6.45, 7) is 2.91. The van der Waals surface area contributed by atoms with Gasteiger partial charge in [0.2, 0.25) is 0 Å². The van der Waals surface area contributed by atoms with Crippen molar-refractivity contribution in [2.24, 2.45) is 11.7 Å². The number of benzene rings is 1. The van der Waals surface area contributed by atoms with Gasteiger partial charge in [0, 0.05) is 12.1 Å². The van der Waals surface area contributed by atoms with Gasteiger partial charge in [0.15, 0.2) is 0 Å². The fourth-order valence-electron chi connectivity index (χ4n) is 3.38. The maximum Gasteiger partial charge on any atom is 0.0950 e. The average molecular weight is 284 g/mol. The second kappa shape index (κ2) is 6.92. The van der Waals surface area contributed by atoms with Crippen molar-refractivity contribution in [1.29, 1.82) is 0 Å². The van der Waals surface area contributed by atoms with Gasteiger partial charge in [0.05, 0.1) is 18.6 Å². The number of nitrogens with zero attached hydrogens (tertiary/aromatic N) is 1. The molecule has 1 atom stereocenters. The van der Waals surface area contributed by atoms with Crippen molar-refractivity contribution in [3.8, 4) is 0 Å². The van der Waals surface area contributed by atoms with Crippen LogP contribution in [0.25, 0.3) is 0 Å². The maximum absolute atomic E-state index is 5.97. The van der Waals surface area contributed by atoms with Crippen molar-refractivity contribution in [2.75, 3.05) is 19.6 Å². The summed E-state index contributed by atoms with van der Waals surface area (Å²) in [6.07, 6.45) is 7.27. The predicted molar refractivity (Wildman–Crippen MR) is 84.9 cm³/mol. The van der Waals surface area contributed by atoms with Crippen molar-refractivity contribution >= 4 is 0 Å². The summed E-state index contributed by atoms with van der Waals surface area (Å²) in [7, 11) is 0. The van der Waals surface area contributed by atoms with Crippen molar-refractivity contribution < 1.29 is 4.42 Å². The second-order valence-corrected chi connectivity index (χ2v) is 5.98. The molecule has 3 heteroatoms. The number of furan rings is 1. The molecule has 0 aliphatic carbocycles. The molecule has 3 rings (SSSR count). The van der Waals surface area contributed by atoms with Crippen LogP contribution in [0.15, 0.2) is 53.3 Å². The molecule has 0 saturated carbocycles. The molecule has 2 N–H and O–H groups in total. The van der Waals surface area contributed by atoms with Gasteiger partial charge in [-0.3, -0.25) is 4.90 Å². The highest BCUT2D eigenvalue weighted by molar-refractivity contribution is 5.16. The van der Waals surface area contributed by atoms with Crippen LogP contribution < -0.4 is 5.73 Å². The summed E-state index contributed by atoms with van der Waals surface area (Å²) in [5.41, 5.74) is 8.64. The summed E-state index contributed by atoms with van der Waals surface area (Å²) < 4.78 is 5.21. The molecular weight excluding hydrogens is 260 g/mol. The third-order valence-electron chi connectivity index (χ3n) is 4.61. The summed E-state index contributed by atoms with van der Waals surface area (Å²) in [6, 6.07) is 13.2. The van der Waals surface area contributed by atoms with Gasteiger partial charge in [-0.15, -0.1) is 0 Å². The van der Waals surface area contributed by atoms with Gasteiger partial charge in [0.25, 0.3) is 0 Å². The number of piperidine rings is 1. The van der Waals surface area contributed by atoms with E-state index in [1.807, 2.05) is 12.3 Å². The average Bonchev–Trinajstić information content (AvgIpc) is 3.05. The van der Waals surface area contributed by atoms with Crippen LogP contribution in [0.3, 0.4) is 0 Å². The van der Waals surface area contributed by atoms with Gasteiger partial charge < -0.3 is 10.2 Å². The third-order valence-corrected chi connectivity index (χ3v) is 4.61. The van der Waals surface area contributed by atoms with E-state index >= 15 is 0 Å². The minimum Gasteiger partial charge on any atom is -0.472 e. The van der Waals surface area contributed by atoms with Gasteiger partial charge in [0.1, 0.15) is 0 Å². The highest BCUT2D eigenvalue weighted by atomic mass is 16.3. The largest absolute Gasteiger partial charge is 0.472 e. The highest BCUT2D eigenvalue weighted by Gasteiger charge is 2.25. The van der Waals surface area contributed by atoms with E-state index < -0.39 is 0 Å². The lowest BCUT2D eigenvalue weighted by Gasteiger charge is -2.36. The van der Waals surface area contributed by atoms with Gasteiger partial charge >= 0.3 is 0 Å². The quantitative estimate of drug-likeness (QED) is 0.916. The Morgan fingerprint density at radius 1 is 1.14 bits per heavy atom. The Balaban J connectivity index is 1.55. The molecule has 2 aromatic rings. The highest BCUT2D eigenvalue weighted by Crippen LogP contribution is 2.28. The number of nitrogens with two attached hydrogens (primary N) is 1. The molecule has 1 aliphatic rings. The van der Waals surface area contributed by atoms with E-state index in [2.05, 4.69) is 35.2 Å². The lowest BCUT2D eigenvalue weighted by Crippen LogP contribution is -2.40. The van der Waals surface area contributed by atoms with Crippen molar-refractivity contribution in [2.45, 2.75) is 25.3 Å². The molecule has 0 amide bonds. The van der Waals surface area contributed by atoms with Crippen LogP contribution in [0, 0.1) is 5.92 Å². The van der Waals surface area contributed by atoms with Crippen molar-refractivity contribution in [3.05, 3.63) is 60.1 Å². The van der Waals surface area contributed by atoms with Crippen LogP contribution in [-0.4, -0.2) is 24.5 Å². The van der Waals surface area contributed by atoms with Crippen molar-refractivity contribution in [1.82, 2.24) is 4.90 Å². The molecule has 0 bridgehead atoms. The Kier molecular flexibility index (Phi) is 4.73. The number of hydrogen-bond acceptors (Lipinski definition) is 3. The molecule has 112 valence electrons. The normalized spacial score (nSPS) is 18.7. The summed E-state index contributed by atoms with van der Waals surface area (Å²) in [4.78, 5) is 2.51. The Morgan fingerprint density at radius 3 is 2.52 bits per heavy atom. The zero-order valence-corrected chi connectivity index (χ0v) is 12.4. The van der Waals surface area contributed by atoms with E-state index in [-0.39, 0.29) is 0 Å². The van der Waals surface area contributed by atoms with Crippen molar-refractivity contribution in [3.63, 3.8) is 0 Å². The number of likely N-dealkylation sites (tertiary alicyclic amines) is 1. The van der Waals surface area contributed by atoms with E-state index in [0.717, 1.165) is 19.0 Å². The fraction of sp³-hybridized carbons (Fsp3) is 0.444. The Hall–Kier alpha value is -1.58. The van der Waals surface area contributed by atoms with Gasteiger partial charge in [-0.05, 0) is 49.9 Å². The first-order valence-corrected chi connectivity index (χ1v) is 7.87. The van der Waals surface area contributed by atoms with Crippen LogP contribution >= 0.6 is 0 Å². The van der Waals surface area contributed by atoms with Crippen LogP contribution in [0.2, 0.25) is 0 Å². The van der Waals surface area contributed by atoms with Crippen LogP contribution in [0.4, 0.5) is 0 Å². The zero-order chi connectivity index (χ0) is 14.5. The molecule has 1 aromatic carbocycles. The van der Waals surface area contributed by atoms with Gasteiger partial charge in [-0.2, -0.15) is 0 Å². The molecule has 1 fully saturated rings. The van der Waals surface area contributed by atoms with E-state index in [9.17, 15) is 0 Å².